The molecule has 162 valence electrons. The van der Waals surface area contributed by atoms with E-state index in [2.05, 4.69) is 15.7 Å². The van der Waals surface area contributed by atoms with Crippen molar-refractivity contribution in [2.75, 3.05) is 33.4 Å². The van der Waals surface area contributed by atoms with E-state index in [1.54, 1.807) is 30.2 Å². The summed E-state index contributed by atoms with van der Waals surface area (Å²) >= 11 is 3.38. The number of carbonyl (C=O) groups excluding carboxylic acids is 2. The molecule has 0 radical (unpaired) electrons. The van der Waals surface area contributed by atoms with Crippen LogP contribution in [0.1, 0.15) is 40.9 Å². The number of benzene rings is 1. The second-order valence-corrected chi connectivity index (χ2v) is 9.52. The Balaban J connectivity index is 1.43. The minimum absolute atomic E-state index is 0.00880. The first-order chi connectivity index (χ1) is 14.6. The van der Waals surface area contributed by atoms with Gasteiger partial charge in [-0.15, -0.1) is 11.3 Å². The summed E-state index contributed by atoms with van der Waals surface area (Å²) in [5, 5.41) is 5.02. The molecule has 1 fully saturated rings. The Hall–Kier alpha value is -1.90. The summed E-state index contributed by atoms with van der Waals surface area (Å²) in [6, 6.07) is 7.83. The van der Waals surface area contributed by atoms with Crippen molar-refractivity contribution in [1.29, 1.82) is 0 Å². The number of methoxy groups -OCH3 is 1. The van der Waals surface area contributed by atoms with Gasteiger partial charge in [0.2, 0.25) is 5.91 Å². The molecule has 0 atom stereocenters. The fourth-order valence-corrected chi connectivity index (χ4v) is 5.19. The number of nitrogens with zero attached hydrogens (tertiary/aromatic N) is 2. The van der Waals surface area contributed by atoms with Gasteiger partial charge in [-0.2, -0.15) is 0 Å². The maximum atomic E-state index is 12.8. The van der Waals surface area contributed by atoms with Crippen molar-refractivity contribution in [3.63, 3.8) is 0 Å². The number of thioether (sulfide) groups is 1. The number of ether oxygens (including phenoxy) is 1. The van der Waals surface area contributed by atoms with Crippen molar-refractivity contribution in [1.82, 2.24) is 15.2 Å². The van der Waals surface area contributed by atoms with E-state index in [-0.39, 0.29) is 17.7 Å². The highest BCUT2D eigenvalue weighted by Gasteiger charge is 2.27. The van der Waals surface area contributed by atoms with Gasteiger partial charge in [0.15, 0.2) is 0 Å². The van der Waals surface area contributed by atoms with Crippen molar-refractivity contribution < 1.29 is 14.3 Å². The van der Waals surface area contributed by atoms with E-state index in [1.165, 1.54) is 5.56 Å². The maximum Gasteiger partial charge on any atom is 0.253 e. The van der Waals surface area contributed by atoms with Gasteiger partial charge < -0.3 is 15.0 Å². The predicted molar refractivity (Wildman–Crippen MR) is 121 cm³/mol. The number of hydrogen-bond donors (Lipinski definition) is 1. The molecule has 2 heterocycles. The highest BCUT2D eigenvalue weighted by atomic mass is 32.2. The van der Waals surface area contributed by atoms with Crippen molar-refractivity contribution >= 4 is 34.9 Å². The molecule has 0 saturated carbocycles. The standard InChI is InChI=1S/C22H29N3O3S2/c1-16-14-29-22(24-16)30-15-17-4-6-19(7-5-17)21(27)25-11-8-18(9-12-25)20(26)23-10-3-13-28-2/h4-7,14,18H,3,8-13,15H2,1-2H3,(H,23,26). The summed E-state index contributed by atoms with van der Waals surface area (Å²) in [6.07, 6.45) is 2.24. The Labute approximate surface area is 186 Å². The first-order valence-electron chi connectivity index (χ1n) is 10.3. The maximum absolute atomic E-state index is 12.8. The van der Waals surface area contributed by atoms with Crippen molar-refractivity contribution in [3.8, 4) is 0 Å². The lowest BCUT2D eigenvalue weighted by Gasteiger charge is -2.31. The summed E-state index contributed by atoms with van der Waals surface area (Å²) in [6.45, 7) is 4.53. The first-order valence-corrected chi connectivity index (χ1v) is 12.1. The second kappa shape index (κ2) is 11.5. The minimum Gasteiger partial charge on any atom is -0.385 e. The van der Waals surface area contributed by atoms with E-state index in [0.29, 0.717) is 44.6 Å². The van der Waals surface area contributed by atoms with Crippen LogP contribution in [0.3, 0.4) is 0 Å². The zero-order valence-electron chi connectivity index (χ0n) is 17.6. The molecule has 30 heavy (non-hydrogen) atoms. The fourth-order valence-electron chi connectivity index (χ4n) is 3.39. The summed E-state index contributed by atoms with van der Waals surface area (Å²) in [7, 11) is 1.66. The SMILES string of the molecule is COCCCNC(=O)C1CCN(C(=O)c2ccc(CSc3nc(C)cs3)cc2)CC1. The van der Waals surface area contributed by atoms with Crippen LogP contribution < -0.4 is 5.32 Å². The Morgan fingerprint density at radius 2 is 2.00 bits per heavy atom. The molecule has 1 saturated heterocycles. The van der Waals surface area contributed by atoms with E-state index in [1.807, 2.05) is 36.1 Å². The summed E-state index contributed by atoms with van der Waals surface area (Å²) in [5.74, 6) is 0.969. The van der Waals surface area contributed by atoms with Crippen molar-refractivity contribution in [3.05, 3.63) is 46.5 Å². The number of nitrogens with one attached hydrogen (secondary N) is 1. The number of aromatic nitrogens is 1. The van der Waals surface area contributed by atoms with Crippen LogP contribution in [-0.4, -0.2) is 55.0 Å². The second-order valence-electron chi connectivity index (χ2n) is 7.44. The van der Waals surface area contributed by atoms with Gasteiger partial charge in [0.05, 0.1) is 0 Å². The minimum atomic E-state index is -0.00880. The van der Waals surface area contributed by atoms with E-state index in [0.717, 1.165) is 22.2 Å². The van der Waals surface area contributed by atoms with Gasteiger partial charge in [-0.3, -0.25) is 9.59 Å². The lowest BCUT2D eigenvalue weighted by molar-refractivity contribution is -0.126. The molecular weight excluding hydrogens is 418 g/mol. The van der Waals surface area contributed by atoms with E-state index in [4.69, 9.17) is 4.74 Å². The topological polar surface area (TPSA) is 71.5 Å². The summed E-state index contributed by atoms with van der Waals surface area (Å²) in [5.41, 5.74) is 2.93. The van der Waals surface area contributed by atoms with Crippen LogP contribution in [-0.2, 0) is 15.3 Å². The Morgan fingerprint density at radius 3 is 2.63 bits per heavy atom. The number of likely N-dealkylation sites (tertiary alicyclic amines) is 1. The van der Waals surface area contributed by atoms with Crippen LogP contribution in [0.2, 0.25) is 0 Å². The number of thiazole rings is 1. The van der Waals surface area contributed by atoms with Gasteiger partial charge in [0, 0.05) is 61.7 Å². The highest BCUT2D eigenvalue weighted by molar-refractivity contribution is 8.00. The van der Waals surface area contributed by atoms with E-state index in [9.17, 15) is 9.59 Å². The summed E-state index contributed by atoms with van der Waals surface area (Å²) in [4.78, 5) is 31.4. The number of hydrogen-bond acceptors (Lipinski definition) is 6. The van der Waals surface area contributed by atoms with Gasteiger partial charge in [-0.05, 0) is 43.9 Å². The largest absolute Gasteiger partial charge is 0.385 e. The molecule has 1 aliphatic rings. The zero-order chi connectivity index (χ0) is 21.3. The number of amides is 2. The number of carbonyl (C=O) groups is 2. The van der Waals surface area contributed by atoms with Crippen molar-refractivity contribution in [2.24, 2.45) is 5.92 Å². The Kier molecular flexibility index (Phi) is 8.72. The molecule has 0 unspecified atom stereocenters. The zero-order valence-corrected chi connectivity index (χ0v) is 19.2. The molecule has 1 aromatic heterocycles. The van der Waals surface area contributed by atoms with E-state index >= 15 is 0 Å². The van der Waals surface area contributed by atoms with Crippen LogP contribution in [0.4, 0.5) is 0 Å². The molecule has 1 aliphatic heterocycles. The lowest BCUT2D eigenvalue weighted by atomic mass is 9.95. The smallest absolute Gasteiger partial charge is 0.253 e. The predicted octanol–water partition coefficient (Wildman–Crippen LogP) is 3.75. The molecule has 0 bridgehead atoms. The van der Waals surface area contributed by atoms with Gasteiger partial charge in [-0.1, -0.05) is 23.9 Å². The molecule has 2 aromatic rings. The quantitative estimate of drug-likeness (QED) is 0.468. The molecule has 2 amide bonds. The number of aryl methyl sites for hydroxylation is 1. The molecule has 1 aromatic carbocycles. The van der Waals surface area contributed by atoms with Gasteiger partial charge >= 0.3 is 0 Å². The normalized spacial score (nSPS) is 14.7. The first kappa shape index (κ1) is 22.8. The average Bonchev–Trinajstić information content (AvgIpc) is 3.20. The van der Waals surface area contributed by atoms with Crippen LogP contribution in [0, 0.1) is 12.8 Å². The third-order valence-corrected chi connectivity index (χ3v) is 7.35. The van der Waals surface area contributed by atoms with Crippen LogP contribution in [0.5, 0.6) is 0 Å². The van der Waals surface area contributed by atoms with E-state index < -0.39 is 0 Å². The lowest BCUT2D eigenvalue weighted by Crippen LogP contribution is -2.43. The monoisotopic (exact) mass is 447 g/mol. The molecule has 8 heteroatoms. The molecule has 0 spiro atoms. The van der Waals surface area contributed by atoms with Gasteiger partial charge in [0.1, 0.15) is 4.34 Å². The third kappa shape index (κ3) is 6.55. The third-order valence-electron chi connectivity index (χ3n) is 5.14. The summed E-state index contributed by atoms with van der Waals surface area (Å²) < 4.78 is 6.06. The van der Waals surface area contributed by atoms with Gasteiger partial charge in [0.25, 0.3) is 5.91 Å². The van der Waals surface area contributed by atoms with Crippen molar-refractivity contribution in [2.45, 2.75) is 36.3 Å². The highest BCUT2D eigenvalue weighted by Crippen LogP contribution is 2.26. The molecule has 6 nitrogen and oxygen atoms in total. The molecule has 1 N–H and O–H groups in total. The number of piperidine rings is 1. The molecule has 3 rings (SSSR count). The Bertz CT molecular complexity index is 830. The average molecular weight is 448 g/mol. The van der Waals surface area contributed by atoms with Gasteiger partial charge in [-0.25, -0.2) is 4.98 Å². The van der Waals surface area contributed by atoms with Crippen LogP contribution in [0.25, 0.3) is 0 Å². The van der Waals surface area contributed by atoms with Crippen LogP contribution >= 0.6 is 23.1 Å². The Morgan fingerprint density at radius 1 is 1.27 bits per heavy atom. The molecular formula is C22H29N3O3S2. The fraction of sp³-hybridized carbons (Fsp3) is 0.500. The molecule has 0 aliphatic carbocycles. The number of rotatable bonds is 9. The van der Waals surface area contributed by atoms with Crippen LogP contribution in [0.15, 0.2) is 34.0 Å².